The van der Waals surface area contributed by atoms with Gasteiger partial charge in [-0.05, 0) is 39.6 Å². The molecular weight excluding hydrogens is 338 g/mol. The molecule has 4 nitrogen and oxygen atoms in total. The molecular formula is C20H26ClNO3. The molecule has 0 fully saturated rings. The zero-order valence-corrected chi connectivity index (χ0v) is 16.1. The third-order valence-corrected chi connectivity index (χ3v) is 4.80. The molecule has 1 heterocycles. The number of esters is 1. The Hall–Kier alpha value is -1.78. The standard InChI is InChI=1S/C20H25NO3.ClH/c1-14-5-6-17-16(11-14)20(2)8-7-15(12-18(20)24-17)13-19(22)23-10-9-21(3)4;/h5-8,11,13,18H,9-10,12H2,1-4H3;1H/b15-13-;. The number of hydrogen-bond donors (Lipinski definition) is 0. The van der Waals surface area contributed by atoms with Crippen LogP contribution in [0.1, 0.15) is 24.5 Å². The molecule has 0 aromatic heterocycles. The maximum atomic E-state index is 11.9. The fraction of sp³-hybridized carbons (Fsp3) is 0.450. The molecule has 0 bridgehead atoms. The first-order chi connectivity index (χ1) is 11.4. The molecule has 2 atom stereocenters. The van der Waals surface area contributed by atoms with Crippen LogP contribution in [-0.2, 0) is 14.9 Å². The Balaban J connectivity index is 0.00000225. The quantitative estimate of drug-likeness (QED) is 0.607. The molecule has 1 aliphatic carbocycles. The third kappa shape index (κ3) is 4.07. The van der Waals surface area contributed by atoms with E-state index in [1.54, 1.807) is 6.08 Å². The number of benzene rings is 1. The van der Waals surface area contributed by atoms with E-state index in [4.69, 9.17) is 9.47 Å². The number of aryl methyl sites for hydroxylation is 1. The smallest absolute Gasteiger partial charge is 0.331 e. The molecule has 0 N–H and O–H groups in total. The van der Waals surface area contributed by atoms with Crippen LogP contribution in [0, 0.1) is 6.92 Å². The predicted molar refractivity (Wildman–Crippen MR) is 102 cm³/mol. The van der Waals surface area contributed by atoms with Gasteiger partial charge in [-0.15, -0.1) is 12.4 Å². The summed E-state index contributed by atoms with van der Waals surface area (Å²) in [7, 11) is 3.90. The van der Waals surface area contributed by atoms with Crippen LogP contribution in [0.25, 0.3) is 0 Å². The van der Waals surface area contributed by atoms with Gasteiger partial charge < -0.3 is 14.4 Å². The highest BCUT2D eigenvalue weighted by Crippen LogP contribution is 2.48. The minimum Gasteiger partial charge on any atom is -0.489 e. The van der Waals surface area contributed by atoms with Gasteiger partial charge in [0, 0.05) is 24.6 Å². The molecule has 1 aromatic carbocycles. The van der Waals surface area contributed by atoms with Gasteiger partial charge in [-0.1, -0.05) is 29.8 Å². The lowest BCUT2D eigenvalue weighted by Gasteiger charge is -2.31. The fourth-order valence-corrected chi connectivity index (χ4v) is 3.26. The van der Waals surface area contributed by atoms with Gasteiger partial charge in [0.05, 0.1) is 5.41 Å². The van der Waals surface area contributed by atoms with Crippen LogP contribution in [0.2, 0.25) is 0 Å². The first kappa shape index (κ1) is 19.5. The topological polar surface area (TPSA) is 38.8 Å². The van der Waals surface area contributed by atoms with Gasteiger partial charge in [0.1, 0.15) is 18.5 Å². The van der Waals surface area contributed by atoms with Crippen molar-refractivity contribution in [1.82, 2.24) is 4.90 Å². The predicted octanol–water partition coefficient (Wildman–Crippen LogP) is 3.43. The van der Waals surface area contributed by atoms with E-state index < -0.39 is 0 Å². The molecule has 0 spiro atoms. The summed E-state index contributed by atoms with van der Waals surface area (Å²) in [5.74, 6) is 0.666. The Morgan fingerprint density at radius 1 is 1.44 bits per heavy atom. The molecule has 0 amide bonds. The number of ether oxygens (including phenoxy) is 2. The van der Waals surface area contributed by atoms with Crippen molar-refractivity contribution in [2.75, 3.05) is 27.2 Å². The monoisotopic (exact) mass is 363 g/mol. The fourth-order valence-electron chi connectivity index (χ4n) is 3.26. The van der Waals surface area contributed by atoms with Gasteiger partial charge in [0.2, 0.25) is 0 Å². The summed E-state index contributed by atoms with van der Waals surface area (Å²) in [6.45, 7) is 5.43. The number of carbonyl (C=O) groups is 1. The zero-order valence-electron chi connectivity index (χ0n) is 15.2. The van der Waals surface area contributed by atoms with Gasteiger partial charge in [-0.2, -0.15) is 0 Å². The number of halogens is 1. The number of rotatable bonds is 4. The SMILES string of the molecule is Cc1ccc2c(c1)C1(C)C=C/C(=C/C(=O)OCCN(C)C)CC1O2.Cl. The number of hydrogen-bond acceptors (Lipinski definition) is 4. The lowest BCUT2D eigenvalue weighted by molar-refractivity contribution is -0.138. The highest BCUT2D eigenvalue weighted by molar-refractivity contribution is 5.85. The number of carbonyl (C=O) groups excluding carboxylic acids is 1. The third-order valence-electron chi connectivity index (χ3n) is 4.80. The molecule has 3 rings (SSSR count). The minimum absolute atomic E-state index is 0. The van der Waals surface area contributed by atoms with Crippen LogP contribution in [0.15, 0.2) is 42.0 Å². The van der Waals surface area contributed by atoms with Crippen LogP contribution < -0.4 is 4.74 Å². The molecule has 1 aliphatic heterocycles. The Kier molecular flexibility index (Phi) is 5.96. The number of nitrogens with zero attached hydrogens (tertiary/aromatic N) is 1. The van der Waals surface area contributed by atoms with Crippen molar-refractivity contribution < 1.29 is 14.3 Å². The van der Waals surface area contributed by atoms with Crippen LogP contribution in [-0.4, -0.2) is 44.2 Å². The summed E-state index contributed by atoms with van der Waals surface area (Å²) in [4.78, 5) is 13.9. The largest absolute Gasteiger partial charge is 0.489 e. The molecule has 0 radical (unpaired) electrons. The van der Waals surface area contributed by atoms with Crippen molar-refractivity contribution in [3.05, 3.63) is 53.1 Å². The molecule has 2 unspecified atom stereocenters. The van der Waals surface area contributed by atoms with Gasteiger partial charge in [-0.25, -0.2) is 4.79 Å². The van der Waals surface area contributed by atoms with E-state index in [0.717, 1.165) is 17.9 Å². The average Bonchev–Trinajstić information content (AvgIpc) is 2.79. The molecule has 5 heteroatoms. The molecule has 136 valence electrons. The minimum atomic E-state index is -0.286. The maximum Gasteiger partial charge on any atom is 0.331 e. The molecule has 25 heavy (non-hydrogen) atoms. The molecule has 2 aliphatic rings. The van der Waals surface area contributed by atoms with Crippen molar-refractivity contribution in [3.63, 3.8) is 0 Å². The molecule has 0 saturated heterocycles. The van der Waals surface area contributed by atoms with Gasteiger partial charge in [-0.3, -0.25) is 0 Å². The Labute approximate surface area is 155 Å². The van der Waals surface area contributed by atoms with E-state index in [1.807, 2.05) is 31.1 Å². The van der Waals surface area contributed by atoms with E-state index in [0.29, 0.717) is 13.0 Å². The summed E-state index contributed by atoms with van der Waals surface area (Å²) in [6.07, 6.45) is 6.52. The Morgan fingerprint density at radius 2 is 2.20 bits per heavy atom. The second-order valence-electron chi connectivity index (χ2n) is 7.12. The van der Waals surface area contributed by atoms with Crippen molar-refractivity contribution >= 4 is 18.4 Å². The summed E-state index contributed by atoms with van der Waals surface area (Å²) in [5, 5.41) is 0. The van der Waals surface area contributed by atoms with E-state index >= 15 is 0 Å². The van der Waals surface area contributed by atoms with Crippen molar-refractivity contribution in [2.45, 2.75) is 31.8 Å². The molecule has 0 saturated carbocycles. The first-order valence-corrected chi connectivity index (χ1v) is 8.37. The van der Waals surface area contributed by atoms with Crippen molar-refractivity contribution in [3.8, 4) is 5.75 Å². The van der Waals surface area contributed by atoms with Crippen LogP contribution >= 0.6 is 12.4 Å². The second-order valence-corrected chi connectivity index (χ2v) is 7.12. The summed E-state index contributed by atoms with van der Waals surface area (Å²) < 4.78 is 11.4. The summed E-state index contributed by atoms with van der Waals surface area (Å²) in [6, 6.07) is 6.31. The average molecular weight is 364 g/mol. The van der Waals surface area contributed by atoms with E-state index in [2.05, 4.69) is 32.1 Å². The number of fused-ring (bicyclic) bond motifs is 3. The lowest BCUT2D eigenvalue weighted by atomic mass is 9.73. The molecule has 1 aromatic rings. The zero-order chi connectivity index (χ0) is 17.3. The maximum absolute atomic E-state index is 11.9. The Morgan fingerprint density at radius 3 is 2.92 bits per heavy atom. The number of likely N-dealkylation sites (N-methyl/N-ethyl adjacent to an activating group) is 1. The number of allylic oxidation sites excluding steroid dienone is 1. The van der Waals surface area contributed by atoms with Crippen molar-refractivity contribution in [1.29, 1.82) is 0 Å². The summed E-state index contributed by atoms with van der Waals surface area (Å²) >= 11 is 0. The Bertz CT molecular complexity index is 711. The van der Waals surface area contributed by atoms with Crippen LogP contribution in [0.4, 0.5) is 0 Å². The van der Waals surface area contributed by atoms with E-state index in [9.17, 15) is 4.79 Å². The van der Waals surface area contributed by atoms with Crippen molar-refractivity contribution in [2.24, 2.45) is 0 Å². The lowest BCUT2D eigenvalue weighted by Crippen LogP contribution is -2.36. The van der Waals surface area contributed by atoms with E-state index in [-0.39, 0.29) is 29.9 Å². The van der Waals surface area contributed by atoms with Gasteiger partial charge >= 0.3 is 5.97 Å². The summed E-state index contributed by atoms with van der Waals surface area (Å²) in [5.41, 5.74) is 3.29. The van der Waals surface area contributed by atoms with E-state index in [1.165, 1.54) is 11.1 Å². The van der Waals surface area contributed by atoms with Gasteiger partial charge in [0.25, 0.3) is 0 Å². The first-order valence-electron chi connectivity index (χ1n) is 8.37. The van der Waals surface area contributed by atoms with Crippen LogP contribution in [0.3, 0.4) is 0 Å². The highest BCUT2D eigenvalue weighted by Gasteiger charge is 2.45. The second kappa shape index (κ2) is 7.63. The normalized spacial score (nSPS) is 25.2. The van der Waals surface area contributed by atoms with Crippen LogP contribution in [0.5, 0.6) is 5.75 Å². The highest BCUT2D eigenvalue weighted by atomic mass is 35.5. The van der Waals surface area contributed by atoms with Gasteiger partial charge in [0.15, 0.2) is 0 Å².